The van der Waals surface area contributed by atoms with Crippen LogP contribution in [0.5, 0.6) is 0 Å². The Bertz CT molecular complexity index is 919. The van der Waals surface area contributed by atoms with E-state index in [4.69, 9.17) is 9.84 Å². The standard InChI is InChI=1S/C21H25N3O6/c1-21(2,3)14-4-6-15(7-5-14)23-19(26)13-30-20(27)17-12-16(24(28)29)8-9-18(17)22-10-11-25/h4-9,12,22,25H,10-11,13H2,1-3H3,(H,23,26). The Labute approximate surface area is 174 Å². The number of carbonyl (C=O) groups excluding carboxylic acids is 2. The van der Waals surface area contributed by atoms with E-state index in [0.717, 1.165) is 11.6 Å². The van der Waals surface area contributed by atoms with Crippen LogP contribution in [0.25, 0.3) is 0 Å². The molecule has 0 heterocycles. The Morgan fingerprint density at radius 3 is 2.37 bits per heavy atom. The van der Waals surface area contributed by atoms with Crippen LogP contribution in [-0.4, -0.2) is 41.7 Å². The van der Waals surface area contributed by atoms with Gasteiger partial charge >= 0.3 is 5.97 Å². The third-order valence-electron chi connectivity index (χ3n) is 4.23. The number of hydrogen-bond acceptors (Lipinski definition) is 7. The van der Waals surface area contributed by atoms with Gasteiger partial charge in [0, 0.05) is 30.1 Å². The summed E-state index contributed by atoms with van der Waals surface area (Å²) in [7, 11) is 0. The van der Waals surface area contributed by atoms with Crippen molar-refractivity contribution in [3.63, 3.8) is 0 Å². The first-order valence-corrected chi connectivity index (χ1v) is 9.32. The maximum Gasteiger partial charge on any atom is 0.341 e. The highest BCUT2D eigenvalue weighted by molar-refractivity contribution is 5.99. The Balaban J connectivity index is 2.03. The summed E-state index contributed by atoms with van der Waals surface area (Å²) in [6.07, 6.45) is 0. The van der Waals surface area contributed by atoms with Crippen molar-refractivity contribution < 1.29 is 24.4 Å². The number of ether oxygens (including phenoxy) is 1. The monoisotopic (exact) mass is 415 g/mol. The molecule has 0 aromatic heterocycles. The molecule has 0 radical (unpaired) electrons. The smallest absolute Gasteiger partial charge is 0.341 e. The van der Waals surface area contributed by atoms with Gasteiger partial charge in [0.2, 0.25) is 0 Å². The quantitative estimate of drug-likeness (QED) is 0.343. The number of non-ortho nitro benzene ring substituents is 1. The molecule has 1 amide bonds. The predicted octanol–water partition coefficient (Wildman–Crippen LogP) is 3.09. The van der Waals surface area contributed by atoms with E-state index in [0.29, 0.717) is 5.69 Å². The van der Waals surface area contributed by atoms with E-state index in [9.17, 15) is 19.7 Å². The second kappa shape index (κ2) is 9.84. The van der Waals surface area contributed by atoms with Crippen molar-refractivity contribution in [2.45, 2.75) is 26.2 Å². The first-order chi connectivity index (χ1) is 14.1. The molecule has 30 heavy (non-hydrogen) atoms. The van der Waals surface area contributed by atoms with E-state index >= 15 is 0 Å². The van der Waals surface area contributed by atoms with Crippen LogP contribution in [0.2, 0.25) is 0 Å². The normalized spacial score (nSPS) is 10.9. The van der Waals surface area contributed by atoms with Crippen molar-refractivity contribution in [1.82, 2.24) is 0 Å². The van der Waals surface area contributed by atoms with Crippen LogP contribution in [0.15, 0.2) is 42.5 Å². The van der Waals surface area contributed by atoms with Crippen LogP contribution in [-0.2, 0) is 14.9 Å². The van der Waals surface area contributed by atoms with E-state index < -0.39 is 23.4 Å². The number of benzene rings is 2. The van der Waals surface area contributed by atoms with Gasteiger partial charge < -0.3 is 20.5 Å². The van der Waals surface area contributed by atoms with Crippen molar-refractivity contribution >= 4 is 28.9 Å². The Morgan fingerprint density at radius 2 is 1.80 bits per heavy atom. The van der Waals surface area contributed by atoms with Gasteiger partial charge in [-0.1, -0.05) is 32.9 Å². The molecule has 2 aromatic carbocycles. The lowest BCUT2D eigenvalue weighted by atomic mass is 9.87. The minimum Gasteiger partial charge on any atom is -0.452 e. The molecule has 0 aliphatic heterocycles. The summed E-state index contributed by atoms with van der Waals surface area (Å²) in [5, 5.41) is 25.3. The highest BCUT2D eigenvalue weighted by Gasteiger charge is 2.19. The van der Waals surface area contributed by atoms with E-state index in [1.54, 1.807) is 12.1 Å². The zero-order valence-corrected chi connectivity index (χ0v) is 17.1. The summed E-state index contributed by atoms with van der Waals surface area (Å²) in [4.78, 5) is 34.9. The molecule has 9 nitrogen and oxygen atoms in total. The summed E-state index contributed by atoms with van der Waals surface area (Å²) in [6.45, 7) is 5.64. The topological polar surface area (TPSA) is 131 Å². The Hall–Kier alpha value is -3.46. The molecule has 0 saturated carbocycles. The molecule has 0 aliphatic rings. The second-order valence-corrected chi connectivity index (χ2v) is 7.59. The summed E-state index contributed by atoms with van der Waals surface area (Å²) < 4.78 is 5.02. The first-order valence-electron chi connectivity index (χ1n) is 9.32. The molecule has 0 spiro atoms. The van der Waals surface area contributed by atoms with Gasteiger partial charge in [0.15, 0.2) is 6.61 Å². The van der Waals surface area contributed by atoms with E-state index in [1.807, 2.05) is 12.1 Å². The molecular formula is C21H25N3O6. The Morgan fingerprint density at radius 1 is 1.13 bits per heavy atom. The van der Waals surface area contributed by atoms with E-state index in [2.05, 4.69) is 31.4 Å². The van der Waals surface area contributed by atoms with Gasteiger partial charge in [-0.05, 0) is 29.2 Å². The van der Waals surface area contributed by atoms with Crippen LogP contribution < -0.4 is 10.6 Å². The fraction of sp³-hybridized carbons (Fsp3) is 0.333. The summed E-state index contributed by atoms with van der Waals surface area (Å²) in [5.41, 5.74) is 1.53. The molecule has 2 aromatic rings. The van der Waals surface area contributed by atoms with Gasteiger partial charge in [-0.2, -0.15) is 0 Å². The molecule has 0 atom stereocenters. The molecule has 0 unspecified atom stereocenters. The highest BCUT2D eigenvalue weighted by atomic mass is 16.6. The Kier molecular flexibility index (Phi) is 7.48. The zero-order valence-electron chi connectivity index (χ0n) is 17.1. The lowest BCUT2D eigenvalue weighted by molar-refractivity contribution is -0.384. The lowest BCUT2D eigenvalue weighted by Gasteiger charge is -2.19. The number of hydrogen-bond donors (Lipinski definition) is 3. The van der Waals surface area contributed by atoms with Crippen LogP contribution in [0.1, 0.15) is 36.7 Å². The lowest BCUT2D eigenvalue weighted by Crippen LogP contribution is -2.22. The molecule has 9 heteroatoms. The van der Waals surface area contributed by atoms with Gasteiger partial charge in [0.1, 0.15) is 0 Å². The summed E-state index contributed by atoms with van der Waals surface area (Å²) in [5.74, 6) is -1.43. The number of aliphatic hydroxyl groups excluding tert-OH is 1. The van der Waals surface area contributed by atoms with Crippen molar-refractivity contribution in [3.05, 3.63) is 63.7 Å². The number of nitro groups is 1. The highest BCUT2D eigenvalue weighted by Crippen LogP contribution is 2.24. The summed E-state index contributed by atoms with van der Waals surface area (Å²) >= 11 is 0. The fourth-order valence-corrected chi connectivity index (χ4v) is 2.62. The van der Waals surface area contributed by atoms with Gasteiger partial charge in [-0.3, -0.25) is 14.9 Å². The molecule has 0 aliphatic carbocycles. The van der Waals surface area contributed by atoms with Gasteiger partial charge in [-0.25, -0.2) is 4.79 Å². The minimum atomic E-state index is -0.891. The van der Waals surface area contributed by atoms with Crippen molar-refractivity contribution in [2.24, 2.45) is 0 Å². The predicted molar refractivity (Wildman–Crippen MR) is 113 cm³/mol. The number of anilines is 2. The largest absolute Gasteiger partial charge is 0.452 e. The summed E-state index contributed by atoms with van der Waals surface area (Å²) in [6, 6.07) is 11.0. The van der Waals surface area contributed by atoms with Gasteiger partial charge in [0.05, 0.1) is 17.1 Å². The number of carbonyl (C=O) groups is 2. The van der Waals surface area contributed by atoms with Crippen LogP contribution >= 0.6 is 0 Å². The van der Waals surface area contributed by atoms with Crippen molar-refractivity contribution in [2.75, 3.05) is 30.4 Å². The molecule has 160 valence electrons. The number of aliphatic hydroxyl groups is 1. The maximum atomic E-state index is 12.4. The van der Waals surface area contributed by atoms with Crippen molar-refractivity contribution in [3.8, 4) is 0 Å². The molecule has 0 fully saturated rings. The number of nitrogens with zero attached hydrogens (tertiary/aromatic N) is 1. The number of esters is 1. The van der Waals surface area contributed by atoms with Gasteiger partial charge in [-0.15, -0.1) is 0 Å². The number of rotatable bonds is 8. The molecule has 0 saturated heterocycles. The van der Waals surface area contributed by atoms with E-state index in [-0.39, 0.29) is 35.5 Å². The third-order valence-corrected chi connectivity index (χ3v) is 4.23. The SMILES string of the molecule is CC(C)(C)c1ccc(NC(=O)COC(=O)c2cc([N+](=O)[O-])ccc2NCCO)cc1. The van der Waals surface area contributed by atoms with E-state index in [1.165, 1.54) is 12.1 Å². The van der Waals surface area contributed by atoms with Crippen LogP contribution in [0.4, 0.5) is 17.1 Å². The maximum absolute atomic E-state index is 12.4. The van der Waals surface area contributed by atoms with Crippen LogP contribution in [0, 0.1) is 10.1 Å². The average Bonchev–Trinajstić information content (AvgIpc) is 2.70. The fourth-order valence-electron chi connectivity index (χ4n) is 2.62. The van der Waals surface area contributed by atoms with Crippen molar-refractivity contribution in [1.29, 1.82) is 0 Å². The molecular weight excluding hydrogens is 390 g/mol. The van der Waals surface area contributed by atoms with Crippen LogP contribution in [0.3, 0.4) is 0 Å². The van der Waals surface area contributed by atoms with Gasteiger partial charge in [0.25, 0.3) is 11.6 Å². The average molecular weight is 415 g/mol. The number of amides is 1. The zero-order chi connectivity index (χ0) is 22.3. The second-order valence-electron chi connectivity index (χ2n) is 7.59. The molecule has 0 bridgehead atoms. The first kappa shape index (κ1) is 22.8. The molecule has 3 N–H and O–H groups in total. The minimum absolute atomic E-state index is 0.0157. The number of nitrogens with one attached hydrogen (secondary N) is 2. The number of nitro benzene ring substituents is 1. The molecule has 2 rings (SSSR count). The third kappa shape index (κ3) is 6.28.